The van der Waals surface area contributed by atoms with E-state index < -0.39 is 0 Å². The number of likely N-dealkylation sites (tertiary alicyclic amines) is 1. The fraction of sp³-hybridized carbons (Fsp3) is 0.632. The number of nitrogens with one attached hydrogen (secondary N) is 2. The third-order valence-electron chi connectivity index (χ3n) is 4.43. The first-order chi connectivity index (χ1) is 11.8. The summed E-state index contributed by atoms with van der Waals surface area (Å²) in [6.07, 6.45) is 2.57. The molecule has 2 rings (SSSR count). The maximum Gasteiger partial charge on any atom is 0.191 e. The van der Waals surface area contributed by atoms with Crippen LogP contribution < -0.4 is 15.4 Å². The first-order valence-corrected chi connectivity index (χ1v) is 9.25. The van der Waals surface area contributed by atoms with Gasteiger partial charge in [0.1, 0.15) is 5.75 Å². The van der Waals surface area contributed by atoms with E-state index in [4.69, 9.17) is 9.73 Å². The molecule has 0 radical (unpaired) electrons. The quantitative estimate of drug-likeness (QED) is 0.355. The van der Waals surface area contributed by atoms with Gasteiger partial charge < -0.3 is 15.4 Å². The molecular weight excluding hydrogens is 427 g/mol. The lowest BCUT2D eigenvalue weighted by Gasteiger charge is -2.24. The minimum Gasteiger partial charge on any atom is -0.494 e. The molecule has 1 heterocycles. The molecule has 1 aromatic rings. The first kappa shape index (κ1) is 22.0. The summed E-state index contributed by atoms with van der Waals surface area (Å²) < 4.78 is 5.68. The predicted molar refractivity (Wildman–Crippen MR) is 116 cm³/mol. The van der Waals surface area contributed by atoms with Crippen LogP contribution in [0.5, 0.6) is 5.75 Å². The predicted octanol–water partition coefficient (Wildman–Crippen LogP) is 3.24. The Morgan fingerprint density at radius 3 is 2.76 bits per heavy atom. The smallest absolute Gasteiger partial charge is 0.191 e. The van der Waals surface area contributed by atoms with Crippen molar-refractivity contribution in [1.82, 2.24) is 15.5 Å². The third kappa shape index (κ3) is 7.01. The van der Waals surface area contributed by atoms with Crippen molar-refractivity contribution in [2.75, 3.05) is 32.8 Å². The second-order valence-electron chi connectivity index (χ2n) is 6.04. The number of rotatable bonds is 8. The number of para-hydroxylation sites is 1. The van der Waals surface area contributed by atoms with E-state index >= 15 is 0 Å². The Bertz CT molecular complexity index is 524. The number of benzene rings is 1. The van der Waals surface area contributed by atoms with Gasteiger partial charge in [0, 0.05) is 24.7 Å². The lowest BCUT2D eigenvalue weighted by molar-refractivity contribution is 0.267. The molecule has 0 spiro atoms. The molecular formula is C19H33IN4O. The van der Waals surface area contributed by atoms with Crippen molar-refractivity contribution in [2.24, 2.45) is 4.99 Å². The van der Waals surface area contributed by atoms with Crippen LogP contribution in [0, 0.1) is 0 Å². The number of hydrogen-bond acceptors (Lipinski definition) is 3. The second-order valence-corrected chi connectivity index (χ2v) is 6.04. The Balaban J connectivity index is 0.00000312. The van der Waals surface area contributed by atoms with Crippen molar-refractivity contribution < 1.29 is 4.74 Å². The van der Waals surface area contributed by atoms with Crippen LogP contribution >= 0.6 is 24.0 Å². The van der Waals surface area contributed by atoms with Gasteiger partial charge >= 0.3 is 0 Å². The van der Waals surface area contributed by atoms with Gasteiger partial charge in [0.2, 0.25) is 0 Å². The van der Waals surface area contributed by atoms with E-state index in [2.05, 4.69) is 35.4 Å². The minimum atomic E-state index is 0. The van der Waals surface area contributed by atoms with Crippen LogP contribution in [-0.4, -0.2) is 49.7 Å². The molecule has 6 heteroatoms. The van der Waals surface area contributed by atoms with Crippen LogP contribution in [0.25, 0.3) is 0 Å². The van der Waals surface area contributed by atoms with Crippen LogP contribution in [0.4, 0.5) is 0 Å². The summed E-state index contributed by atoms with van der Waals surface area (Å²) in [4.78, 5) is 7.28. The van der Waals surface area contributed by atoms with Crippen LogP contribution in [0.3, 0.4) is 0 Å². The Morgan fingerprint density at radius 2 is 2.04 bits per heavy atom. The van der Waals surface area contributed by atoms with Gasteiger partial charge in [0.05, 0.1) is 13.2 Å². The van der Waals surface area contributed by atoms with Gasteiger partial charge in [0.25, 0.3) is 0 Å². The van der Waals surface area contributed by atoms with Crippen LogP contribution in [-0.2, 0) is 6.54 Å². The lowest BCUT2D eigenvalue weighted by atomic mass is 10.2. The molecule has 1 aliphatic rings. The van der Waals surface area contributed by atoms with Crippen LogP contribution in [0.1, 0.15) is 39.2 Å². The van der Waals surface area contributed by atoms with Crippen LogP contribution in [0.2, 0.25) is 0 Å². The van der Waals surface area contributed by atoms with Gasteiger partial charge in [-0.05, 0) is 45.8 Å². The minimum absolute atomic E-state index is 0. The van der Waals surface area contributed by atoms with E-state index in [1.54, 1.807) is 0 Å². The molecule has 5 nitrogen and oxygen atoms in total. The van der Waals surface area contributed by atoms with Gasteiger partial charge in [0.15, 0.2) is 5.96 Å². The van der Waals surface area contributed by atoms with Crippen molar-refractivity contribution >= 4 is 29.9 Å². The number of halogens is 1. The fourth-order valence-corrected chi connectivity index (χ4v) is 3.19. The van der Waals surface area contributed by atoms with E-state index in [0.29, 0.717) is 19.2 Å². The summed E-state index contributed by atoms with van der Waals surface area (Å²) >= 11 is 0. The first-order valence-electron chi connectivity index (χ1n) is 9.25. The molecule has 0 amide bonds. The Kier molecular flexibility index (Phi) is 10.9. The molecule has 0 saturated carbocycles. The molecule has 1 saturated heterocycles. The van der Waals surface area contributed by atoms with Gasteiger partial charge in [-0.3, -0.25) is 4.90 Å². The average Bonchev–Trinajstić information content (AvgIpc) is 3.06. The normalized spacial score (nSPS) is 17.9. The molecule has 0 aromatic heterocycles. The fourth-order valence-electron chi connectivity index (χ4n) is 3.19. The zero-order valence-corrected chi connectivity index (χ0v) is 18.1. The van der Waals surface area contributed by atoms with Crippen molar-refractivity contribution in [3.8, 4) is 5.75 Å². The average molecular weight is 460 g/mol. The zero-order chi connectivity index (χ0) is 17.2. The molecule has 142 valence electrons. The zero-order valence-electron chi connectivity index (χ0n) is 15.8. The summed E-state index contributed by atoms with van der Waals surface area (Å²) in [5.74, 6) is 1.80. The molecule has 1 unspecified atom stereocenters. The highest BCUT2D eigenvalue weighted by atomic mass is 127. The summed E-state index contributed by atoms with van der Waals surface area (Å²) in [6.45, 7) is 11.8. The monoisotopic (exact) mass is 460 g/mol. The van der Waals surface area contributed by atoms with Gasteiger partial charge in [-0.25, -0.2) is 4.99 Å². The summed E-state index contributed by atoms with van der Waals surface area (Å²) in [5.41, 5.74) is 1.12. The Hall–Kier alpha value is -1.02. The van der Waals surface area contributed by atoms with Crippen molar-refractivity contribution in [3.63, 3.8) is 0 Å². The second kappa shape index (κ2) is 12.4. The van der Waals surface area contributed by atoms with Crippen molar-refractivity contribution in [1.29, 1.82) is 0 Å². The van der Waals surface area contributed by atoms with E-state index in [1.165, 1.54) is 19.4 Å². The van der Waals surface area contributed by atoms with E-state index in [1.807, 2.05) is 25.1 Å². The topological polar surface area (TPSA) is 48.9 Å². The molecule has 2 N–H and O–H groups in total. The van der Waals surface area contributed by atoms with E-state index in [9.17, 15) is 0 Å². The number of aliphatic imine (C=N–C) groups is 1. The highest BCUT2D eigenvalue weighted by Gasteiger charge is 2.22. The molecule has 1 fully saturated rings. The van der Waals surface area contributed by atoms with Crippen LogP contribution in [0.15, 0.2) is 29.3 Å². The molecule has 0 aliphatic carbocycles. The van der Waals surface area contributed by atoms with Crippen molar-refractivity contribution in [2.45, 2.75) is 46.2 Å². The Labute approximate surface area is 169 Å². The van der Waals surface area contributed by atoms with Crippen molar-refractivity contribution in [3.05, 3.63) is 29.8 Å². The largest absolute Gasteiger partial charge is 0.494 e. The number of hydrogen-bond donors (Lipinski definition) is 2. The number of guanidine groups is 1. The van der Waals surface area contributed by atoms with Gasteiger partial charge in [-0.15, -0.1) is 24.0 Å². The number of ether oxygens (including phenoxy) is 1. The lowest BCUT2D eigenvalue weighted by Crippen LogP contribution is -2.44. The molecule has 1 aromatic carbocycles. The van der Waals surface area contributed by atoms with E-state index in [0.717, 1.165) is 36.9 Å². The maximum absolute atomic E-state index is 5.68. The summed E-state index contributed by atoms with van der Waals surface area (Å²) in [6, 6.07) is 8.74. The van der Waals surface area contributed by atoms with E-state index in [-0.39, 0.29) is 24.0 Å². The SMILES string of the molecule is CCNC(=NCc1ccccc1OCC)NCC1CCCN1CC.I. The highest BCUT2D eigenvalue weighted by Crippen LogP contribution is 2.19. The highest BCUT2D eigenvalue weighted by molar-refractivity contribution is 14.0. The third-order valence-corrected chi connectivity index (χ3v) is 4.43. The van der Waals surface area contributed by atoms with Gasteiger partial charge in [-0.1, -0.05) is 25.1 Å². The molecule has 1 atom stereocenters. The molecule has 25 heavy (non-hydrogen) atoms. The summed E-state index contributed by atoms with van der Waals surface area (Å²) in [5, 5.41) is 6.85. The molecule has 1 aliphatic heterocycles. The number of likely N-dealkylation sites (N-methyl/N-ethyl adjacent to an activating group) is 1. The molecule has 0 bridgehead atoms. The number of nitrogens with zero attached hydrogens (tertiary/aromatic N) is 2. The van der Waals surface area contributed by atoms with Gasteiger partial charge in [-0.2, -0.15) is 0 Å². The Morgan fingerprint density at radius 1 is 1.24 bits per heavy atom. The maximum atomic E-state index is 5.68. The standard InChI is InChI=1S/C19H32N4O.HI/c1-4-20-19(22-15-17-11-9-13-23(17)5-2)21-14-16-10-7-8-12-18(16)24-6-3;/h7-8,10,12,17H,4-6,9,11,13-15H2,1-3H3,(H2,20,21,22);1H. The summed E-state index contributed by atoms with van der Waals surface area (Å²) in [7, 11) is 0.